The molecule has 0 spiro atoms. The molecule has 3 aromatic rings. The lowest BCUT2D eigenvalue weighted by molar-refractivity contribution is -0.133. The number of ether oxygens (including phenoxy) is 1. The highest BCUT2D eigenvalue weighted by Crippen LogP contribution is 2.31. The van der Waals surface area contributed by atoms with Crippen LogP contribution in [0, 0.1) is 5.82 Å². The number of benzene rings is 2. The number of piperazine rings is 1. The topological polar surface area (TPSA) is 45.7 Å². The molecule has 1 aliphatic rings. The van der Waals surface area contributed by atoms with Crippen LogP contribution in [-0.2, 0) is 4.79 Å². The van der Waals surface area contributed by atoms with Crippen molar-refractivity contribution < 1.29 is 13.9 Å². The molecule has 27 heavy (non-hydrogen) atoms. The van der Waals surface area contributed by atoms with Crippen LogP contribution in [0.25, 0.3) is 10.2 Å². The van der Waals surface area contributed by atoms with E-state index in [1.54, 1.807) is 28.4 Å². The van der Waals surface area contributed by atoms with Gasteiger partial charge < -0.3 is 14.5 Å². The zero-order valence-corrected chi connectivity index (χ0v) is 16.8. The van der Waals surface area contributed by atoms with Crippen LogP contribution in [0.1, 0.15) is 0 Å². The van der Waals surface area contributed by atoms with Gasteiger partial charge in [-0.2, -0.15) is 0 Å². The number of thiazole rings is 1. The Balaban J connectivity index is 1.34. The fraction of sp³-hybridized carbons (Fsp3) is 0.263. The molecule has 0 atom stereocenters. The van der Waals surface area contributed by atoms with E-state index in [0.29, 0.717) is 26.2 Å². The maximum atomic E-state index is 13.6. The standard InChI is InChI=1S/C19H17BrFN3O2S/c20-13-5-6-15-17(11-13)27-19(22-15)24-9-7-23(8-10-24)18(25)12-26-16-4-2-1-3-14(16)21/h1-6,11H,7-10,12H2. The molecular weight excluding hydrogens is 433 g/mol. The lowest BCUT2D eigenvalue weighted by atomic mass is 10.3. The molecule has 5 nitrogen and oxygen atoms in total. The van der Waals surface area contributed by atoms with Gasteiger partial charge in [-0.25, -0.2) is 9.37 Å². The normalized spacial score (nSPS) is 14.6. The van der Waals surface area contributed by atoms with Gasteiger partial charge in [0, 0.05) is 30.7 Å². The molecule has 4 rings (SSSR count). The van der Waals surface area contributed by atoms with Gasteiger partial charge in [0.15, 0.2) is 23.3 Å². The van der Waals surface area contributed by atoms with E-state index in [1.165, 1.54) is 12.1 Å². The Labute approximate surface area is 168 Å². The van der Waals surface area contributed by atoms with E-state index >= 15 is 0 Å². The van der Waals surface area contributed by atoms with Crippen LogP contribution in [-0.4, -0.2) is 48.6 Å². The first kappa shape index (κ1) is 18.2. The van der Waals surface area contributed by atoms with Crippen LogP contribution in [0.2, 0.25) is 0 Å². The number of para-hydroxylation sites is 1. The van der Waals surface area contributed by atoms with Crippen molar-refractivity contribution in [1.82, 2.24) is 9.88 Å². The van der Waals surface area contributed by atoms with Crippen molar-refractivity contribution in [1.29, 1.82) is 0 Å². The van der Waals surface area contributed by atoms with Gasteiger partial charge in [0.2, 0.25) is 0 Å². The number of aromatic nitrogens is 1. The van der Waals surface area contributed by atoms with Crippen LogP contribution in [0.4, 0.5) is 9.52 Å². The van der Waals surface area contributed by atoms with Crippen molar-refractivity contribution in [3.05, 3.63) is 52.8 Å². The zero-order chi connectivity index (χ0) is 18.8. The third-order valence-corrected chi connectivity index (χ3v) is 6.00. The summed E-state index contributed by atoms with van der Waals surface area (Å²) >= 11 is 5.14. The van der Waals surface area contributed by atoms with Gasteiger partial charge >= 0.3 is 0 Å². The van der Waals surface area contributed by atoms with Crippen molar-refractivity contribution in [2.75, 3.05) is 37.7 Å². The molecule has 1 fully saturated rings. The molecule has 0 N–H and O–H groups in total. The van der Waals surface area contributed by atoms with E-state index in [2.05, 4.69) is 31.9 Å². The SMILES string of the molecule is O=C(COc1ccccc1F)N1CCN(c2nc3ccc(Br)cc3s2)CC1. The van der Waals surface area contributed by atoms with Gasteiger partial charge in [0.1, 0.15) is 0 Å². The first-order valence-electron chi connectivity index (χ1n) is 8.56. The van der Waals surface area contributed by atoms with Crippen molar-refractivity contribution >= 4 is 48.5 Å². The molecule has 0 unspecified atom stereocenters. The summed E-state index contributed by atoms with van der Waals surface area (Å²) in [7, 11) is 0. The molecule has 1 amide bonds. The predicted octanol–water partition coefficient (Wildman–Crippen LogP) is 3.93. The van der Waals surface area contributed by atoms with Crippen LogP contribution in [0.15, 0.2) is 46.9 Å². The van der Waals surface area contributed by atoms with E-state index in [-0.39, 0.29) is 18.3 Å². The highest BCUT2D eigenvalue weighted by atomic mass is 79.9. The number of carbonyl (C=O) groups is 1. The minimum atomic E-state index is -0.461. The Morgan fingerprint density at radius 1 is 1.19 bits per heavy atom. The highest BCUT2D eigenvalue weighted by molar-refractivity contribution is 9.10. The first-order valence-corrected chi connectivity index (χ1v) is 10.2. The Bertz CT molecular complexity index is 972. The van der Waals surface area contributed by atoms with Crippen molar-refractivity contribution in [3.8, 4) is 5.75 Å². The molecular formula is C19H17BrFN3O2S. The average molecular weight is 450 g/mol. The summed E-state index contributed by atoms with van der Waals surface area (Å²) in [5.74, 6) is -0.492. The third-order valence-electron chi connectivity index (χ3n) is 4.43. The summed E-state index contributed by atoms with van der Waals surface area (Å²) in [4.78, 5) is 21.0. The number of fused-ring (bicyclic) bond motifs is 1. The van der Waals surface area contributed by atoms with Gasteiger partial charge in [-0.05, 0) is 30.3 Å². The number of hydrogen-bond acceptors (Lipinski definition) is 5. The van der Waals surface area contributed by atoms with E-state index in [9.17, 15) is 9.18 Å². The maximum absolute atomic E-state index is 13.6. The number of anilines is 1. The van der Waals surface area contributed by atoms with E-state index in [4.69, 9.17) is 4.74 Å². The van der Waals surface area contributed by atoms with E-state index in [0.717, 1.165) is 19.8 Å². The predicted molar refractivity (Wildman–Crippen MR) is 108 cm³/mol. The second-order valence-electron chi connectivity index (χ2n) is 6.20. The fourth-order valence-electron chi connectivity index (χ4n) is 2.96. The Kier molecular flexibility index (Phi) is 5.27. The molecule has 8 heteroatoms. The molecule has 2 heterocycles. The van der Waals surface area contributed by atoms with Crippen LogP contribution >= 0.6 is 27.3 Å². The molecule has 140 valence electrons. The van der Waals surface area contributed by atoms with E-state index < -0.39 is 5.82 Å². The molecule has 1 aliphatic heterocycles. The summed E-state index contributed by atoms with van der Waals surface area (Å²) in [5.41, 5.74) is 0.981. The van der Waals surface area contributed by atoms with Gasteiger partial charge in [-0.15, -0.1) is 0 Å². The summed E-state index contributed by atoms with van der Waals surface area (Å²) in [6, 6.07) is 12.1. The second kappa shape index (κ2) is 7.82. The molecule has 2 aromatic carbocycles. The number of carbonyl (C=O) groups excluding carboxylic acids is 1. The van der Waals surface area contributed by atoms with Gasteiger partial charge in [-0.1, -0.05) is 39.4 Å². The number of halogens is 2. The van der Waals surface area contributed by atoms with Crippen molar-refractivity contribution in [3.63, 3.8) is 0 Å². The summed E-state index contributed by atoms with van der Waals surface area (Å²) in [5, 5.41) is 0.970. The van der Waals surface area contributed by atoms with Crippen LogP contribution < -0.4 is 9.64 Å². The Morgan fingerprint density at radius 2 is 1.96 bits per heavy atom. The quantitative estimate of drug-likeness (QED) is 0.605. The minimum Gasteiger partial charge on any atom is -0.481 e. The minimum absolute atomic E-state index is 0.102. The first-order chi connectivity index (χ1) is 13.1. The number of hydrogen-bond donors (Lipinski definition) is 0. The zero-order valence-electron chi connectivity index (χ0n) is 14.4. The molecule has 0 saturated carbocycles. The molecule has 0 bridgehead atoms. The van der Waals surface area contributed by atoms with Gasteiger partial charge in [0.25, 0.3) is 5.91 Å². The van der Waals surface area contributed by atoms with Crippen molar-refractivity contribution in [2.45, 2.75) is 0 Å². The lowest BCUT2D eigenvalue weighted by Crippen LogP contribution is -2.50. The summed E-state index contributed by atoms with van der Waals surface area (Å²) < 4.78 is 21.1. The van der Waals surface area contributed by atoms with Gasteiger partial charge in [0.05, 0.1) is 10.2 Å². The lowest BCUT2D eigenvalue weighted by Gasteiger charge is -2.34. The average Bonchev–Trinajstić information content (AvgIpc) is 3.10. The second-order valence-corrected chi connectivity index (χ2v) is 8.12. The number of rotatable bonds is 4. The Morgan fingerprint density at radius 3 is 2.74 bits per heavy atom. The number of nitrogens with zero attached hydrogens (tertiary/aromatic N) is 3. The van der Waals surface area contributed by atoms with Crippen molar-refractivity contribution in [2.24, 2.45) is 0 Å². The van der Waals surface area contributed by atoms with Gasteiger partial charge in [-0.3, -0.25) is 4.79 Å². The van der Waals surface area contributed by atoms with Crippen LogP contribution in [0.3, 0.4) is 0 Å². The summed E-state index contributed by atoms with van der Waals surface area (Å²) in [6.07, 6.45) is 0. The van der Waals surface area contributed by atoms with E-state index in [1.807, 2.05) is 12.1 Å². The molecule has 1 saturated heterocycles. The molecule has 0 radical (unpaired) electrons. The monoisotopic (exact) mass is 449 g/mol. The van der Waals surface area contributed by atoms with Crippen LogP contribution in [0.5, 0.6) is 5.75 Å². The summed E-state index contributed by atoms with van der Waals surface area (Å²) in [6.45, 7) is 2.47. The number of amides is 1. The highest BCUT2D eigenvalue weighted by Gasteiger charge is 2.23. The fourth-order valence-corrected chi connectivity index (χ4v) is 4.53. The smallest absolute Gasteiger partial charge is 0.260 e. The maximum Gasteiger partial charge on any atom is 0.260 e. The third kappa shape index (κ3) is 4.06. The molecule has 0 aliphatic carbocycles. The molecule has 1 aromatic heterocycles. The Hall–Kier alpha value is -2.19. The largest absolute Gasteiger partial charge is 0.481 e.